The molecule has 0 aliphatic heterocycles. The van der Waals surface area contributed by atoms with Gasteiger partial charge in [0.25, 0.3) is 0 Å². The van der Waals surface area contributed by atoms with Gasteiger partial charge in [-0.25, -0.2) is 0 Å². The summed E-state index contributed by atoms with van der Waals surface area (Å²) in [5, 5.41) is 0.542. The van der Waals surface area contributed by atoms with Crippen LogP contribution in [-0.2, 0) is 0 Å². The summed E-state index contributed by atoms with van der Waals surface area (Å²) in [6.45, 7) is 11.8. The summed E-state index contributed by atoms with van der Waals surface area (Å²) in [6, 6.07) is 0. The summed E-state index contributed by atoms with van der Waals surface area (Å²) in [5.74, 6) is 1.85. The largest absolute Gasteiger partial charge is 0.109 e. The van der Waals surface area contributed by atoms with Crippen molar-refractivity contribution >= 4 is 7.85 Å². The lowest BCUT2D eigenvalue weighted by Gasteiger charge is -2.31. The Balaban J connectivity index is 4.09. The van der Waals surface area contributed by atoms with Crippen molar-refractivity contribution in [3.8, 4) is 0 Å². The zero-order chi connectivity index (χ0) is 11.2. The van der Waals surface area contributed by atoms with Crippen LogP contribution in [0.4, 0.5) is 0 Å². The van der Waals surface area contributed by atoms with Crippen LogP contribution >= 0.6 is 0 Å². The predicted octanol–water partition coefficient (Wildman–Crippen LogP) is 4.06. The van der Waals surface area contributed by atoms with Gasteiger partial charge in [0.05, 0.1) is 0 Å². The third-order valence-corrected chi connectivity index (χ3v) is 3.82. The Bertz CT molecular complexity index is 140. The first-order valence-corrected chi connectivity index (χ1v) is 6.46. The molecule has 0 fully saturated rings. The van der Waals surface area contributed by atoms with Gasteiger partial charge in [0, 0.05) is 0 Å². The molecular weight excluding hydrogens is 167 g/mol. The quantitative estimate of drug-likeness (QED) is 0.538. The molecule has 0 aromatic heterocycles. The molecule has 0 radical (unpaired) electrons. The van der Waals surface area contributed by atoms with Crippen LogP contribution in [0.2, 0.25) is 5.31 Å². The fourth-order valence-electron chi connectivity index (χ4n) is 2.44. The van der Waals surface area contributed by atoms with Gasteiger partial charge in [-0.1, -0.05) is 72.0 Å². The molecule has 0 aliphatic rings. The van der Waals surface area contributed by atoms with Crippen molar-refractivity contribution in [1.82, 2.24) is 0 Å². The second-order valence-corrected chi connectivity index (χ2v) is 5.66. The first-order valence-electron chi connectivity index (χ1n) is 6.46. The van der Waals surface area contributed by atoms with E-state index in [2.05, 4.69) is 42.5 Å². The Labute approximate surface area is 92.3 Å². The highest BCUT2D eigenvalue weighted by molar-refractivity contribution is 6.14. The van der Waals surface area contributed by atoms with Crippen molar-refractivity contribution in [2.24, 2.45) is 11.8 Å². The van der Waals surface area contributed by atoms with E-state index in [-0.39, 0.29) is 0 Å². The molecule has 0 amide bonds. The zero-order valence-corrected chi connectivity index (χ0v) is 11.2. The first kappa shape index (κ1) is 14.1. The molecule has 0 nitrogen and oxygen atoms in total. The molecule has 0 bridgehead atoms. The van der Waals surface area contributed by atoms with E-state index in [9.17, 15) is 0 Å². The number of hydrogen-bond donors (Lipinski definition) is 0. The molecule has 0 aromatic carbocycles. The molecule has 0 saturated heterocycles. The normalized spacial score (nSPS) is 20.1. The van der Waals surface area contributed by atoms with E-state index >= 15 is 0 Å². The Hall–Kier alpha value is 0.0649. The highest BCUT2D eigenvalue weighted by Gasteiger charge is 2.23. The molecule has 3 unspecified atom stereocenters. The molecule has 1 heteroatoms. The van der Waals surface area contributed by atoms with Crippen molar-refractivity contribution in [2.45, 2.75) is 72.0 Å². The van der Waals surface area contributed by atoms with Crippen molar-refractivity contribution < 1.29 is 0 Å². The number of rotatable bonds is 7. The van der Waals surface area contributed by atoms with Gasteiger partial charge in [-0.05, 0) is 11.8 Å². The minimum absolute atomic E-state index is 0.542. The monoisotopic (exact) mass is 196 g/mol. The summed E-state index contributed by atoms with van der Waals surface area (Å²) in [6.07, 6.45) is 6.81. The minimum atomic E-state index is 0.542. The summed E-state index contributed by atoms with van der Waals surface area (Å²) >= 11 is 0. The summed E-state index contributed by atoms with van der Waals surface area (Å²) in [4.78, 5) is 0. The van der Waals surface area contributed by atoms with Gasteiger partial charge in [0.1, 0.15) is 7.85 Å². The van der Waals surface area contributed by atoms with Crippen LogP contribution in [0.1, 0.15) is 66.7 Å². The first-order chi connectivity index (χ1) is 6.46. The van der Waals surface area contributed by atoms with Crippen molar-refractivity contribution in [3.05, 3.63) is 0 Å². The van der Waals surface area contributed by atoms with Gasteiger partial charge in [0.2, 0.25) is 0 Å². The maximum atomic E-state index is 2.45. The topological polar surface area (TPSA) is 0 Å². The van der Waals surface area contributed by atoms with Gasteiger partial charge in [0.15, 0.2) is 0 Å². The van der Waals surface area contributed by atoms with E-state index in [0.29, 0.717) is 5.31 Å². The van der Waals surface area contributed by atoms with Gasteiger partial charge >= 0.3 is 0 Å². The van der Waals surface area contributed by atoms with E-state index in [1.54, 1.807) is 0 Å². The van der Waals surface area contributed by atoms with Crippen molar-refractivity contribution in [2.75, 3.05) is 0 Å². The Morgan fingerprint density at radius 2 is 1.79 bits per heavy atom. The second kappa shape index (κ2) is 6.53. The third-order valence-electron chi connectivity index (χ3n) is 3.82. The highest BCUT2D eigenvalue weighted by atomic mass is 14.3. The van der Waals surface area contributed by atoms with E-state index in [4.69, 9.17) is 0 Å². The van der Waals surface area contributed by atoms with Crippen LogP contribution in [-0.4, -0.2) is 7.85 Å². The van der Waals surface area contributed by atoms with Crippen LogP contribution in [0.5, 0.6) is 0 Å². The van der Waals surface area contributed by atoms with Crippen molar-refractivity contribution in [1.29, 1.82) is 0 Å². The molecule has 3 atom stereocenters. The van der Waals surface area contributed by atoms with Crippen LogP contribution in [0.25, 0.3) is 0 Å². The smallest absolute Gasteiger partial charge is 0.0669 e. The molecular formula is C13H29B. The lowest BCUT2D eigenvalue weighted by molar-refractivity contribution is 0.275. The van der Waals surface area contributed by atoms with Crippen LogP contribution in [0.3, 0.4) is 0 Å². The fraction of sp³-hybridized carbons (Fsp3) is 1.00. The molecule has 0 spiro atoms. The summed E-state index contributed by atoms with van der Waals surface area (Å²) < 4.78 is 0. The van der Waals surface area contributed by atoms with Crippen LogP contribution in [0, 0.1) is 11.8 Å². The Morgan fingerprint density at radius 1 is 1.21 bits per heavy atom. The lowest BCUT2D eigenvalue weighted by atomic mass is 9.62. The van der Waals surface area contributed by atoms with Crippen LogP contribution in [0.15, 0.2) is 0 Å². The standard InChI is InChI=1S/C13H29B/c1-6-9-12(7-2)11(4)10-13(5,14)8-3/h11-12H,6-10,14H2,1-5H3. The molecule has 14 heavy (non-hydrogen) atoms. The summed E-state index contributed by atoms with van der Waals surface area (Å²) in [5.41, 5.74) is 0. The minimum Gasteiger partial charge on any atom is -0.0669 e. The van der Waals surface area contributed by atoms with Crippen LogP contribution < -0.4 is 0 Å². The SMILES string of the molecule is BC(C)(CC)CC(C)C(CC)CCC. The van der Waals surface area contributed by atoms with Crippen molar-refractivity contribution in [3.63, 3.8) is 0 Å². The van der Waals surface area contributed by atoms with Gasteiger partial charge in [-0.15, -0.1) is 0 Å². The third kappa shape index (κ3) is 5.07. The van der Waals surface area contributed by atoms with E-state index in [1.165, 1.54) is 32.1 Å². The molecule has 0 aromatic rings. The second-order valence-electron chi connectivity index (χ2n) is 5.66. The van der Waals surface area contributed by atoms with E-state index in [1.807, 2.05) is 0 Å². The maximum Gasteiger partial charge on any atom is 0.109 e. The molecule has 0 heterocycles. The Kier molecular flexibility index (Phi) is 6.56. The molecule has 0 aliphatic carbocycles. The average molecular weight is 196 g/mol. The maximum absolute atomic E-state index is 2.45. The Morgan fingerprint density at radius 3 is 2.14 bits per heavy atom. The molecule has 0 N–H and O–H groups in total. The molecule has 0 rings (SSSR count). The zero-order valence-electron chi connectivity index (χ0n) is 11.2. The number of hydrogen-bond acceptors (Lipinski definition) is 0. The van der Waals surface area contributed by atoms with E-state index in [0.717, 1.165) is 11.8 Å². The predicted molar refractivity (Wildman–Crippen MR) is 69.7 cm³/mol. The fourth-order valence-corrected chi connectivity index (χ4v) is 2.44. The van der Waals surface area contributed by atoms with Gasteiger partial charge in [-0.3, -0.25) is 0 Å². The lowest BCUT2D eigenvalue weighted by Crippen LogP contribution is -2.18. The summed E-state index contributed by atoms with van der Waals surface area (Å²) in [7, 11) is 2.40. The van der Waals surface area contributed by atoms with E-state index < -0.39 is 0 Å². The van der Waals surface area contributed by atoms with Gasteiger partial charge < -0.3 is 0 Å². The molecule has 84 valence electrons. The molecule has 0 saturated carbocycles. The van der Waals surface area contributed by atoms with Gasteiger partial charge in [-0.2, -0.15) is 0 Å². The highest BCUT2D eigenvalue weighted by Crippen LogP contribution is 2.37. The average Bonchev–Trinajstić information content (AvgIpc) is 2.13.